The average Bonchev–Trinajstić information content (AvgIpc) is 2.96. The molecule has 3 rings (SSSR count). The van der Waals surface area contributed by atoms with Crippen molar-refractivity contribution in [1.82, 2.24) is 15.3 Å². The van der Waals surface area contributed by atoms with Gasteiger partial charge in [0.1, 0.15) is 5.54 Å². The van der Waals surface area contributed by atoms with Gasteiger partial charge < -0.3 is 10.3 Å². The first-order valence-corrected chi connectivity index (χ1v) is 8.70. The third-order valence-corrected chi connectivity index (χ3v) is 5.02. The fourth-order valence-electron chi connectivity index (χ4n) is 2.91. The number of aromatic nitrogens is 2. The molecule has 126 valence electrons. The van der Waals surface area contributed by atoms with E-state index in [0.29, 0.717) is 29.0 Å². The zero-order valence-corrected chi connectivity index (χ0v) is 13.7. The van der Waals surface area contributed by atoms with Gasteiger partial charge in [0.15, 0.2) is 16.8 Å². The highest BCUT2D eigenvalue weighted by Gasteiger charge is 2.33. The van der Waals surface area contributed by atoms with Crippen LogP contribution in [0, 0.1) is 23.0 Å². The predicted molar refractivity (Wildman–Crippen MR) is 86.3 cm³/mol. The molecular weight excluding hydrogens is 334 g/mol. The van der Waals surface area contributed by atoms with E-state index in [1.807, 2.05) is 0 Å². The van der Waals surface area contributed by atoms with E-state index in [2.05, 4.69) is 21.4 Å². The lowest BCUT2D eigenvalue weighted by Crippen LogP contribution is -2.49. The molecule has 1 saturated carbocycles. The molecule has 0 spiro atoms. The van der Waals surface area contributed by atoms with Crippen LogP contribution in [0.3, 0.4) is 0 Å². The number of hydrogen-bond acceptors (Lipinski definition) is 4. The molecule has 2 N–H and O–H groups in total. The molecule has 1 fully saturated rings. The summed E-state index contributed by atoms with van der Waals surface area (Å²) in [7, 11) is 0. The number of amides is 1. The van der Waals surface area contributed by atoms with E-state index < -0.39 is 17.2 Å². The second kappa shape index (κ2) is 6.77. The Morgan fingerprint density at radius 2 is 2.04 bits per heavy atom. The molecule has 1 aromatic heterocycles. The first kappa shape index (κ1) is 16.7. The minimum absolute atomic E-state index is 0.0776. The lowest BCUT2D eigenvalue weighted by molar-refractivity contribution is -0.120. The second-order valence-electron chi connectivity index (χ2n) is 5.92. The van der Waals surface area contributed by atoms with Gasteiger partial charge in [0, 0.05) is 12.1 Å². The normalized spacial score (nSPS) is 16.7. The molecule has 0 aliphatic heterocycles. The summed E-state index contributed by atoms with van der Waals surface area (Å²) in [6.07, 6.45) is 4.29. The van der Waals surface area contributed by atoms with Crippen molar-refractivity contribution in [2.45, 2.75) is 42.8 Å². The Morgan fingerprint density at radius 3 is 2.75 bits per heavy atom. The van der Waals surface area contributed by atoms with Crippen molar-refractivity contribution >= 4 is 28.7 Å². The standard InChI is InChI=1S/C16H16F2N4OS/c17-10-6-12-13(7-11(10)18)21-15(20-12)24-8-14(23)22-16(9-19)4-2-1-3-5-16/h6-7H,1-5,8H2,(H,20,21)(H,22,23). The van der Waals surface area contributed by atoms with Gasteiger partial charge >= 0.3 is 0 Å². The van der Waals surface area contributed by atoms with E-state index in [0.717, 1.165) is 43.2 Å². The van der Waals surface area contributed by atoms with Crippen LogP contribution in [0.5, 0.6) is 0 Å². The number of nitrogens with one attached hydrogen (secondary N) is 2. The summed E-state index contributed by atoms with van der Waals surface area (Å²) in [6.45, 7) is 0. The van der Waals surface area contributed by atoms with Crippen LogP contribution in [0.4, 0.5) is 8.78 Å². The quantitative estimate of drug-likeness (QED) is 0.829. The Kier molecular flexibility index (Phi) is 4.71. The number of aromatic amines is 1. The van der Waals surface area contributed by atoms with Gasteiger partial charge in [-0.05, 0) is 12.8 Å². The Balaban J connectivity index is 1.63. The van der Waals surface area contributed by atoms with Crippen LogP contribution in [0.25, 0.3) is 11.0 Å². The fourth-order valence-corrected chi connectivity index (χ4v) is 3.59. The maximum Gasteiger partial charge on any atom is 0.231 e. The second-order valence-corrected chi connectivity index (χ2v) is 6.88. The molecule has 1 aliphatic rings. The average molecular weight is 350 g/mol. The van der Waals surface area contributed by atoms with E-state index in [4.69, 9.17) is 0 Å². The van der Waals surface area contributed by atoms with Gasteiger partial charge in [0.05, 0.1) is 22.9 Å². The third kappa shape index (κ3) is 3.51. The largest absolute Gasteiger partial charge is 0.337 e. The van der Waals surface area contributed by atoms with Crippen molar-refractivity contribution in [3.63, 3.8) is 0 Å². The van der Waals surface area contributed by atoms with E-state index in [1.54, 1.807) is 0 Å². The van der Waals surface area contributed by atoms with Crippen LogP contribution in [-0.4, -0.2) is 27.2 Å². The van der Waals surface area contributed by atoms with Crippen LogP contribution >= 0.6 is 11.8 Å². The summed E-state index contributed by atoms with van der Waals surface area (Å²) in [4.78, 5) is 19.1. The number of benzene rings is 1. The Bertz CT molecular complexity index is 769. The molecule has 1 aromatic carbocycles. The Labute approximate surface area is 141 Å². The van der Waals surface area contributed by atoms with Crippen LogP contribution in [0.15, 0.2) is 17.3 Å². The number of imidazole rings is 1. The van der Waals surface area contributed by atoms with Gasteiger partial charge in [-0.15, -0.1) is 0 Å². The van der Waals surface area contributed by atoms with Crippen LogP contribution < -0.4 is 5.32 Å². The summed E-state index contributed by atoms with van der Waals surface area (Å²) < 4.78 is 26.4. The summed E-state index contributed by atoms with van der Waals surface area (Å²) in [5.74, 6) is -2.08. The zero-order valence-electron chi connectivity index (χ0n) is 12.9. The molecule has 2 aromatic rings. The maximum absolute atomic E-state index is 13.2. The first-order valence-electron chi connectivity index (χ1n) is 7.71. The summed E-state index contributed by atoms with van der Waals surface area (Å²) in [6, 6.07) is 4.28. The molecular formula is C16H16F2N4OS. The van der Waals surface area contributed by atoms with Crippen LogP contribution in [0.2, 0.25) is 0 Å². The number of carbonyl (C=O) groups excluding carboxylic acids is 1. The van der Waals surface area contributed by atoms with Gasteiger partial charge in [-0.3, -0.25) is 4.79 Å². The van der Waals surface area contributed by atoms with E-state index in [-0.39, 0.29) is 11.7 Å². The molecule has 0 atom stereocenters. The number of H-pyrrole nitrogens is 1. The third-order valence-electron chi connectivity index (χ3n) is 4.14. The molecule has 5 nitrogen and oxygen atoms in total. The van der Waals surface area contributed by atoms with Crippen molar-refractivity contribution in [3.8, 4) is 6.07 Å². The summed E-state index contributed by atoms with van der Waals surface area (Å²) >= 11 is 1.13. The van der Waals surface area contributed by atoms with Gasteiger partial charge in [-0.2, -0.15) is 5.26 Å². The van der Waals surface area contributed by atoms with Crippen LogP contribution in [-0.2, 0) is 4.79 Å². The number of rotatable bonds is 4. The smallest absolute Gasteiger partial charge is 0.231 e. The van der Waals surface area contributed by atoms with Gasteiger partial charge in [0.2, 0.25) is 5.91 Å². The van der Waals surface area contributed by atoms with Crippen molar-refractivity contribution < 1.29 is 13.6 Å². The number of hydrogen-bond donors (Lipinski definition) is 2. The monoisotopic (exact) mass is 350 g/mol. The molecule has 0 unspecified atom stereocenters. The molecule has 0 bridgehead atoms. The number of halogens is 2. The molecule has 0 saturated heterocycles. The van der Waals surface area contributed by atoms with Crippen molar-refractivity contribution in [3.05, 3.63) is 23.8 Å². The predicted octanol–water partition coefficient (Wildman–Crippen LogP) is 3.28. The molecule has 24 heavy (non-hydrogen) atoms. The van der Waals surface area contributed by atoms with Crippen molar-refractivity contribution in [2.75, 3.05) is 5.75 Å². The number of nitriles is 1. The van der Waals surface area contributed by atoms with E-state index in [1.165, 1.54) is 0 Å². The number of carbonyl (C=O) groups is 1. The number of fused-ring (bicyclic) bond motifs is 1. The van der Waals surface area contributed by atoms with Gasteiger partial charge in [-0.1, -0.05) is 31.0 Å². The summed E-state index contributed by atoms with van der Waals surface area (Å²) in [5.41, 5.74) is -0.0917. The highest BCUT2D eigenvalue weighted by Crippen LogP contribution is 2.28. The molecule has 0 radical (unpaired) electrons. The minimum Gasteiger partial charge on any atom is -0.337 e. The molecule has 8 heteroatoms. The van der Waals surface area contributed by atoms with Gasteiger partial charge in [-0.25, -0.2) is 13.8 Å². The molecule has 1 aliphatic carbocycles. The number of thioether (sulfide) groups is 1. The van der Waals surface area contributed by atoms with E-state index >= 15 is 0 Å². The summed E-state index contributed by atoms with van der Waals surface area (Å²) in [5, 5.41) is 12.6. The molecule has 1 heterocycles. The van der Waals surface area contributed by atoms with Gasteiger partial charge in [0.25, 0.3) is 0 Å². The number of nitrogens with zero attached hydrogens (tertiary/aromatic N) is 2. The lowest BCUT2D eigenvalue weighted by atomic mass is 9.83. The van der Waals surface area contributed by atoms with Crippen molar-refractivity contribution in [2.24, 2.45) is 0 Å². The Morgan fingerprint density at radius 1 is 1.33 bits per heavy atom. The molecule has 1 amide bonds. The highest BCUT2D eigenvalue weighted by atomic mass is 32.2. The minimum atomic E-state index is -0.962. The van der Waals surface area contributed by atoms with E-state index in [9.17, 15) is 18.8 Å². The van der Waals surface area contributed by atoms with Crippen LogP contribution in [0.1, 0.15) is 32.1 Å². The Hall–Kier alpha value is -2.14. The zero-order chi connectivity index (χ0) is 17.2. The topological polar surface area (TPSA) is 81.6 Å². The van der Waals surface area contributed by atoms with Crippen molar-refractivity contribution in [1.29, 1.82) is 5.26 Å². The SMILES string of the molecule is N#CC1(NC(=O)CSc2nc3cc(F)c(F)cc3[nH]2)CCCCC1. The lowest BCUT2D eigenvalue weighted by Gasteiger charge is -2.31. The maximum atomic E-state index is 13.2. The highest BCUT2D eigenvalue weighted by molar-refractivity contribution is 7.99. The fraction of sp³-hybridized carbons (Fsp3) is 0.438. The first-order chi connectivity index (χ1) is 11.5.